The second-order valence-electron chi connectivity index (χ2n) is 6.13. The van der Waals surface area contributed by atoms with Gasteiger partial charge in [-0.2, -0.15) is 0 Å². The Balaban J connectivity index is 1.53. The van der Waals surface area contributed by atoms with Crippen molar-refractivity contribution in [1.82, 2.24) is 0 Å². The van der Waals surface area contributed by atoms with Crippen LogP contribution in [0.1, 0.15) is 0 Å². The molecule has 0 atom stereocenters. The maximum Gasteiger partial charge on any atom is 0.133 e. The number of nitrogens with one attached hydrogen (secondary N) is 1. The fraction of sp³-hybridized carbons (Fsp3) is 0. The summed E-state index contributed by atoms with van der Waals surface area (Å²) in [5.74, 6) is -0.234. The molecule has 0 spiro atoms. The molecule has 0 radical (unpaired) electrons. The lowest BCUT2D eigenvalue weighted by Gasteiger charge is -2.10. The van der Waals surface area contributed by atoms with E-state index in [1.165, 1.54) is 11.6 Å². The van der Waals surface area contributed by atoms with Gasteiger partial charge in [0.25, 0.3) is 0 Å². The third-order valence-corrected chi connectivity index (χ3v) is 4.33. The zero-order valence-electron chi connectivity index (χ0n) is 14.2. The van der Waals surface area contributed by atoms with Gasteiger partial charge in [0.15, 0.2) is 0 Å². The first-order valence-electron chi connectivity index (χ1n) is 8.57. The van der Waals surface area contributed by atoms with Crippen LogP contribution in [0.15, 0.2) is 103 Å². The Bertz CT molecular complexity index is 993. The summed E-state index contributed by atoms with van der Waals surface area (Å²) < 4.78 is 14.5. The molecule has 1 nitrogen and oxygen atoms in total. The quantitative estimate of drug-likeness (QED) is 0.426. The van der Waals surface area contributed by atoms with Crippen LogP contribution in [0.3, 0.4) is 0 Å². The number of hydrogen-bond acceptors (Lipinski definition) is 1. The summed E-state index contributed by atoms with van der Waals surface area (Å²) in [5.41, 5.74) is 5.48. The summed E-state index contributed by atoms with van der Waals surface area (Å²) in [6, 6.07) is 33.2. The van der Waals surface area contributed by atoms with E-state index in [1.807, 2.05) is 72.8 Å². The lowest BCUT2D eigenvalue weighted by molar-refractivity contribution is 0.632. The van der Waals surface area contributed by atoms with Crippen LogP contribution in [0.25, 0.3) is 22.3 Å². The normalized spacial score (nSPS) is 10.5. The monoisotopic (exact) mass is 339 g/mol. The Morgan fingerprint density at radius 3 is 1.65 bits per heavy atom. The van der Waals surface area contributed by atoms with Gasteiger partial charge in [-0.3, -0.25) is 0 Å². The van der Waals surface area contributed by atoms with E-state index in [-0.39, 0.29) is 5.82 Å². The topological polar surface area (TPSA) is 12.0 Å². The van der Waals surface area contributed by atoms with Gasteiger partial charge in [-0.1, -0.05) is 72.8 Å². The molecule has 1 N–H and O–H groups in total. The molecule has 126 valence electrons. The molecule has 0 fully saturated rings. The second-order valence-corrected chi connectivity index (χ2v) is 6.13. The SMILES string of the molecule is Fc1cc(Nc2ccc(-c3ccccc3)cc2)ccc1-c1ccccc1. The number of anilines is 2. The second kappa shape index (κ2) is 7.24. The fourth-order valence-corrected chi connectivity index (χ4v) is 2.99. The minimum absolute atomic E-state index is 0.234. The number of benzene rings is 4. The Morgan fingerprint density at radius 2 is 1.04 bits per heavy atom. The molecule has 0 saturated carbocycles. The summed E-state index contributed by atoms with van der Waals surface area (Å²) in [4.78, 5) is 0. The zero-order chi connectivity index (χ0) is 17.8. The van der Waals surface area contributed by atoms with Crippen LogP contribution in [0.2, 0.25) is 0 Å². The molecule has 0 aliphatic carbocycles. The van der Waals surface area contributed by atoms with Crippen LogP contribution in [-0.4, -0.2) is 0 Å². The third-order valence-electron chi connectivity index (χ3n) is 4.33. The minimum Gasteiger partial charge on any atom is -0.355 e. The molecule has 0 aromatic heterocycles. The predicted octanol–water partition coefficient (Wildman–Crippen LogP) is 6.90. The van der Waals surface area contributed by atoms with Gasteiger partial charge in [0.1, 0.15) is 5.82 Å². The standard InChI is InChI=1S/C24H18FN/c25-24-17-22(15-16-23(24)20-9-5-2-6-10-20)26-21-13-11-19(12-14-21)18-7-3-1-4-8-18/h1-17,26H. The first-order chi connectivity index (χ1) is 12.8. The summed E-state index contributed by atoms with van der Waals surface area (Å²) in [6.07, 6.45) is 0. The summed E-state index contributed by atoms with van der Waals surface area (Å²) >= 11 is 0. The zero-order valence-corrected chi connectivity index (χ0v) is 14.2. The molecule has 4 aromatic rings. The van der Waals surface area contributed by atoms with Crippen molar-refractivity contribution in [1.29, 1.82) is 0 Å². The van der Waals surface area contributed by atoms with Crippen LogP contribution in [0, 0.1) is 5.82 Å². The van der Waals surface area contributed by atoms with E-state index in [4.69, 9.17) is 0 Å². The van der Waals surface area contributed by atoms with E-state index in [2.05, 4.69) is 29.6 Å². The first kappa shape index (κ1) is 16.1. The highest BCUT2D eigenvalue weighted by Crippen LogP contribution is 2.27. The third kappa shape index (κ3) is 3.50. The molecule has 0 bridgehead atoms. The molecule has 0 unspecified atom stereocenters. The van der Waals surface area contributed by atoms with E-state index in [0.717, 1.165) is 22.5 Å². The van der Waals surface area contributed by atoms with Crippen molar-refractivity contribution in [2.75, 3.05) is 5.32 Å². The molecule has 0 aliphatic rings. The van der Waals surface area contributed by atoms with E-state index in [0.29, 0.717) is 5.56 Å². The van der Waals surface area contributed by atoms with Gasteiger partial charge in [0, 0.05) is 16.9 Å². The Kier molecular flexibility index (Phi) is 4.48. The van der Waals surface area contributed by atoms with Gasteiger partial charge in [-0.05, 0) is 47.0 Å². The molecule has 2 heteroatoms. The first-order valence-corrected chi connectivity index (χ1v) is 8.57. The maximum absolute atomic E-state index is 14.5. The van der Waals surface area contributed by atoms with Gasteiger partial charge >= 0.3 is 0 Å². The van der Waals surface area contributed by atoms with Crippen molar-refractivity contribution in [3.8, 4) is 22.3 Å². The lowest BCUT2D eigenvalue weighted by atomic mass is 10.0. The van der Waals surface area contributed by atoms with Crippen molar-refractivity contribution < 1.29 is 4.39 Å². The van der Waals surface area contributed by atoms with Crippen molar-refractivity contribution >= 4 is 11.4 Å². The number of halogens is 1. The van der Waals surface area contributed by atoms with Crippen molar-refractivity contribution in [2.24, 2.45) is 0 Å². The largest absolute Gasteiger partial charge is 0.355 e. The molecule has 0 saturated heterocycles. The van der Waals surface area contributed by atoms with Crippen LogP contribution in [-0.2, 0) is 0 Å². The van der Waals surface area contributed by atoms with Crippen LogP contribution in [0.5, 0.6) is 0 Å². The summed E-state index contributed by atoms with van der Waals surface area (Å²) in [5, 5.41) is 3.26. The average Bonchev–Trinajstić information content (AvgIpc) is 2.70. The Hall–Kier alpha value is -3.39. The molecule has 4 rings (SSSR count). The van der Waals surface area contributed by atoms with E-state index in [9.17, 15) is 4.39 Å². The molecule has 4 aromatic carbocycles. The van der Waals surface area contributed by atoms with Gasteiger partial charge in [0.05, 0.1) is 0 Å². The average molecular weight is 339 g/mol. The Morgan fingerprint density at radius 1 is 0.500 bits per heavy atom. The van der Waals surface area contributed by atoms with E-state index in [1.54, 1.807) is 0 Å². The predicted molar refractivity (Wildman–Crippen MR) is 107 cm³/mol. The van der Waals surface area contributed by atoms with Crippen LogP contribution < -0.4 is 5.32 Å². The minimum atomic E-state index is -0.234. The number of rotatable bonds is 4. The van der Waals surface area contributed by atoms with E-state index >= 15 is 0 Å². The van der Waals surface area contributed by atoms with Gasteiger partial charge in [-0.15, -0.1) is 0 Å². The highest BCUT2D eigenvalue weighted by atomic mass is 19.1. The van der Waals surface area contributed by atoms with Gasteiger partial charge < -0.3 is 5.32 Å². The van der Waals surface area contributed by atoms with Crippen LogP contribution >= 0.6 is 0 Å². The highest BCUT2D eigenvalue weighted by Gasteiger charge is 2.06. The molecule has 0 amide bonds. The smallest absolute Gasteiger partial charge is 0.133 e. The molecule has 0 aliphatic heterocycles. The van der Waals surface area contributed by atoms with Gasteiger partial charge in [0.2, 0.25) is 0 Å². The molecular formula is C24H18FN. The lowest BCUT2D eigenvalue weighted by Crippen LogP contribution is -1.92. The summed E-state index contributed by atoms with van der Waals surface area (Å²) in [7, 11) is 0. The molecule has 0 heterocycles. The van der Waals surface area contributed by atoms with Gasteiger partial charge in [-0.25, -0.2) is 4.39 Å². The molecule has 26 heavy (non-hydrogen) atoms. The summed E-state index contributed by atoms with van der Waals surface area (Å²) in [6.45, 7) is 0. The van der Waals surface area contributed by atoms with E-state index < -0.39 is 0 Å². The van der Waals surface area contributed by atoms with Crippen LogP contribution in [0.4, 0.5) is 15.8 Å². The van der Waals surface area contributed by atoms with Crippen molar-refractivity contribution in [3.63, 3.8) is 0 Å². The molecular weight excluding hydrogens is 321 g/mol. The maximum atomic E-state index is 14.5. The fourth-order valence-electron chi connectivity index (χ4n) is 2.99. The van der Waals surface area contributed by atoms with Crippen molar-refractivity contribution in [2.45, 2.75) is 0 Å². The Labute approximate surface area is 152 Å². The van der Waals surface area contributed by atoms with Crippen molar-refractivity contribution in [3.05, 3.63) is 109 Å². The number of hydrogen-bond donors (Lipinski definition) is 1. The highest BCUT2D eigenvalue weighted by molar-refractivity contribution is 5.71.